The van der Waals surface area contributed by atoms with Crippen LogP contribution in [-0.4, -0.2) is 22.4 Å². The summed E-state index contributed by atoms with van der Waals surface area (Å²) in [6.07, 6.45) is 6.56. The molecule has 2 aliphatic carbocycles. The van der Waals surface area contributed by atoms with Gasteiger partial charge < -0.3 is 10.2 Å². The van der Waals surface area contributed by atoms with Gasteiger partial charge in [-0.1, -0.05) is 6.42 Å². The second-order valence-corrected chi connectivity index (χ2v) is 4.22. The van der Waals surface area contributed by atoms with E-state index >= 15 is 0 Å². The summed E-state index contributed by atoms with van der Waals surface area (Å²) in [6, 6.07) is 0. The fraction of sp³-hybridized carbons (Fsp3) is 0.818. The zero-order valence-corrected chi connectivity index (χ0v) is 8.00. The number of hydrogen-bond donors (Lipinski definition) is 2. The van der Waals surface area contributed by atoms with Gasteiger partial charge in [0.05, 0.1) is 12.2 Å². The Morgan fingerprint density at radius 1 is 0.769 bits per heavy atom. The van der Waals surface area contributed by atoms with Crippen LogP contribution in [0.3, 0.4) is 0 Å². The number of aliphatic hydroxyl groups is 2. The zero-order chi connectivity index (χ0) is 9.26. The van der Waals surface area contributed by atoms with Gasteiger partial charge in [0.2, 0.25) is 0 Å². The van der Waals surface area contributed by atoms with Crippen molar-refractivity contribution in [2.24, 2.45) is 0 Å². The zero-order valence-electron chi connectivity index (χ0n) is 8.00. The maximum absolute atomic E-state index is 9.83. The molecule has 0 aromatic heterocycles. The van der Waals surface area contributed by atoms with Crippen LogP contribution >= 0.6 is 0 Å². The second-order valence-electron chi connectivity index (χ2n) is 4.22. The van der Waals surface area contributed by atoms with E-state index in [2.05, 4.69) is 0 Å². The van der Waals surface area contributed by atoms with Crippen LogP contribution in [0.25, 0.3) is 0 Å². The van der Waals surface area contributed by atoms with Crippen LogP contribution < -0.4 is 0 Å². The van der Waals surface area contributed by atoms with Gasteiger partial charge in [-0.3, -0.25) is 0 Å². The van der Waals surface area contributed by atoms with Crippen molar-refractivity contribution in [2.45, 2.75) is 57.2 Å². The molecule has 0 aliphatic heterocycles. The maximum Gasteiger partial charge on any atom is 0.0753 e. The Hall–Kier alpha value is -0.340. The van der Waals surface area contributed by atoms with Gasteiger partial charge in [-0.15, -0.1) is 0 Å². The van der Waals surface area contributed by atoms with Crippen LogP contribution in [0.5, 0.6) is 0 Å². The maximum atomic E-state index is 9.83. The van der Waals surface area contributed by atoms with Gasteiger partial charge in [0, 0.05) is 0 Å². The Balaban J connectivity index is 2.25. The molecule has 1 unspecified atom stereocenters. The van der Waals surface area contributed by atoms with E-state index in [0.717, 1.165) is 56.1 Å². The van der Waals surface area contributed by atoms with E-state index in [9.17, 15) is 10.2 Å². The molecule has 0 aromatic carbocycles. The lowest BCUT2D eigenvalue weighted by atomic mass is 9.86. The third-order valence-electron chi connectivity index (χ3n) is 3.31. The minimum absolute atomic E-state index is 0.253. The monoisotopic (exact) mass is 182 g/mol. The molecule has 2 aliphatic rings. The highest BCUT2D eigenvalue weighted by Crippen LogP contribution is 2.34. The lowest BCUT2D eigenvalue weighted by Crippen LogP contribution is -2.22. The molecule has 0 saturated heterocycles. The van der Waals surface area contributed by atoms with Gasteiger partial charge in [-0.05, 0) is 49.7 Å². The summed E-state index contributed by atoms with van der Waals surface area (Å²) in [7, 11) is 0. The fourth-order valence-corrected chi connectivity index (χ4v) is 2.57. The van der Waals surface area contributed by atoms with Crippen LogP contribution in [0.2, 0.25) is 0 Å². The Morgan fingerprint density at radius 2 is 1.31 bits per heavy atom. The summed E-state index contributed by atoms with van der Waals surface area (Å²) in [5, 5.41) is 19.6. The second kappa shape index (κ2) is 3.81. The SMILES string of the molecule is OC1CCCC2=C1CCCC[C@@H]2O. The van der Waals surface area contributed by atoms with E-state index in [4.69, 9.17) is 0 Å². The molecular formula is C11H18O2. The normalized spacial score (nSPS) is 35.5. The molecule has 2 nitrogen and oxygen atoms in total. The topological polar surface area (TPSA) is 40.5 Å². The Kier molecular flexibility index (Phi) is 2.70. The highest BCUT2D eigenvalue weighted by Gasteiger charge is 2.26. The molecular weight excluding hydrogens is 164 g/mol. The van der Waals surface area contributed by atoms with Crippen molar-refractivity contribution in [3.05, 3.63) is 11.1 Å². The average Bonchev–Trinajstić information content (AvgIpc) is 2.30. The third-order valence-corrected chi connectivity index (χ3v) is 3.31. The minimum Gasteiger partial charge on any atom is -0.389 e. The van der Waals surface area contributed by atoms with E-state index in [-0.39, 0.29) is 12.2 Å². The van der Waals surface area contributed by atoms with Crippen molar-refractivity contribution in [3.63, 3.8) is 0 Å². The average molecular weight is 182 g/mol. The van der Waals surface area contributed by atoms with Gasteiger partial charge in [0.15, 0.2) is 0 Å². The van der Waals surface area contributed by atoms with Gasteiger partial charge in [0.25, 0.3) is 0 Å². The first kappa shape index (κ1) is 9.22. The molecule has 0 spiro atoms. The first-order chi connectivity index (χ1) is 6.29. The summed E-state index contributed by atoms with van der Waals surface area (Å²) < 4.78 is 0. The number of rotatable bonds is 0. The van der Waals surface area contributed by atoms with Crippen molar-refractivity contribution in [1.29, 1.82) is 0 Å². The molecule has 0 amide bonds. The van der Waals surface area contributed by atoms with Crippen LogP contribution in [-0.2, 0) is 0 Å². The smallest absolute Gasteiger partial charge is 0.0753 e. The molecule has 0 aromatic rings. The largest absolute Gasteiger partial charge is 0.389 e. The molecule has 0 heterocycles. The van der Waals surface area contributed by atoms with Crippen molar-refractivity contribution >= 4 is 0 Å². The van der Waals surface area contributed by atoms with Gasteiger partial charge >= 0.3 is 0 Å². The molecule has 0 fully saturated rings. The van der Waals surface area contributed by atoms with E-state index in [0.29, 0.717) is 0 Å². The number of hydrogen-bond acceptors (Lipinski definition) is 2. The first-order valence-electron chi connectivity index (χ1n) is 5.37. The standard InChI is InChI=1S/C11H18O2/c12-10-6-2-1-4-8-9(10)5-3-7-11(8)13/h10-13H,1-7H2/t10-,11?/m0/s1. The third kappa shape index (κ3) is 1.79. The summed E-state index contributed by atoms with van der Waals surface area (Å²) in [5.74, 6) is 0. The van der Waals surface area contributed by atoms with Crippen LogP contribution in [0, 0.1) is 0 Å². The minimum atomic E-state index is -0.257. The Bertz CT molecular complexity index is 220. The lowest BCUT2D eigenvalue weighted by molar-refractivity contribution is 0.161. The molecule has 13 heavy (non-hydrogen) atoms. The Morgan fingerprint density at radius 3 is 2.00 bits per heavy atom. The summed E-state index contributed by atoms with van der Waals surface area (Å²) >= 11 is 0. The Labute approximate surface area is 79.3 Å². The van der Waals surface area contributed by atoms with E-state index in [1.54, 1.807) is 0 Å². The van der Waals surface area contributed by atoms with Crippen molar-refractivity contribution in [1.82, 2.24) is 0 Å². The molecule has 74 valence electrons. The van der Waals surface area contributed by atoms with Gasteiger partial charge in [-0.25, -0.2) is 0 Å². The van der Waals surface area contributed by atoms with Gasteiger partial charge in [0.1, 0.15) is 0 Å². The molecule has 0 radical (unpaired) electrons. The summed E-state index contributed by atoms with van der Waals surface area (Å²) in [6.45, 7) is 0. The highest BCUT2D eigenvalue weighted by atomic mass is 16.3. The fourth-order valence-electron chi connectivity index (χ4n) is 2.57. The molecule has 0 bridgehead atoms. The first-order valence-corrected chi connectivity index (χ1v) is 5.37. The van der Waals surface area contributed by atoms with Gasteiger partial charge in [-0.2, -0.15) is 0 Å². The van der Waals surface area contributed by atoms with Crippen molar-refractivity contribution < 1.29 is 10.2 Å². The van der Waals surface area contributed by atoms with E-state index < -0.39 is 0 Å². The molecule has 2 heteroatoms. The van der Waals surface area contributed by atoms with Crippen molar-refractivity contribution in [3.8, 4) is 0 Å². The molecule has 2 rings (SSSR count). The number of aliphatic hydroxyl groups excluding tert-OH is 2. The molecule has 0 saturated carbocycles. The highest BCUT2D eigenvalue weighted by molar-refractivity contribution is 5.25. The summed E-state index contributed by atoms with van der Waals surface area (Å²) in [5.41, 5.74) is 2.33. The van der Waals surface area contributed by atoms with Crippen LogP contribution in [0.15, 0.2) is 11.1 Å². The van der Waals surface area contributed by atoms with E-state index in [1.807, 2.05) is 0 Å². The molecule has 2 atom stereocenters. The predicted octanol–water partition coefficient (Wildman–Crippen LogP) is 1.76. The van der Waals surface area contributed by atoms with Crippen LogP contribution in [0.4, 0.5) is 0 Å². The predicted molar refractivity (Wildman–Crippen MR) is 51.4 cm³/mol. The van der Waals surface area contributed by atoms with E-state index in [1.165, 1.54) is 0 Å². The van der Waals surface area contributed by atoms with Crippen LogP contribution in [0.1, 0.15) is 44.9 Å². The molecule has 2 N–H and O–H groups in total. The lowest BCUT2D eigenvalue weighted by Gasteiger charge is -2.26. The quantitative estimate of drug-likeness (QED) is 0.560. The summed E-state index contributed by atoms with van der Waals surface area (Å²) in [4.78, 5) is 0. The van der Waals surface area contributed by atoms with Crippen molar-refractivity contribution in [2.75, 3.05) is 0 Å².